The Morgan fingerprint density at radius 3 is 2.91 bits per heavy atom. The van der Waals surface area contributed by atoms with E-state index >= 15 is 0 Å². The van der Waals surface area contributed by atoms with Gasteiger partial charge in [0.05, 0.1) is 12.4 Å². The van der Waals surface area contributed by atoms with E-state index in [0.717, 1.165) is 16.7 Å². The van der Waals surface area contributed by atoms with Gasteiger partial charge < -0.3 is 9.52 Å². The van der Waals surface area contributed by atoms with Gasteiger partial charge in [-0.2, -0.15) is 0 Å². The molecule has 62 valence electrons. The third-order valence-corrected chi connectivity index (χ3v) is 1.98. The van der Waals surface area contributed by atoms with Crippen LogP contribution in [-0.2, 0) is 6.42 Å². The predicted octanol–water partition coefficient (Wildman–Crippen LogP) is 2.36. The molecular weight excluding hydrogens is 208 g/mol. The van der Waals surface area contributed by atoms with E-state index in [9.17, 15) is 5.11 Å². The summed E-state index contributed by atoms with van der Waals surface area (Å²) in [4.78, 5) is 0. The molecule has 0 radical (unpaired) electrons. The van der Waals surface area contributed by atoms with E-state index in [1.54, 1.807) is 6.26 Å². The first-order chi connectivity index (χ1) is 5.22. The first-order valence-electron chi connectivity index (χ1n) is 3.63. The van der Waals surface area contributed by atoms with Gasteiger partial charge in [0, 0.05) is 6.42 Å². The van der Waals surface area contributed by atoms with Gasteiger partial charge in [-0.3, -0.25) is 0 Å². The summed E-state index contributed by atoms with van der Waals surface area (Å²) in [6.45, 7) is 1.96. The minimum atomic E-state index is -0.250. The largest absolute Gasteiger partial charge is 0.457 e. The lowest BCUT2D eigenvalue weighted by molar-refractivity contribution is 0.170. The Bertz CT molecular complexity index is 220. The van der Waals surface area contributed by atoms with Gasteiger partial charge in [-0.15, -0.1) is 0 Å². The lowest BCUT2D eigenvalue weighted by atomic mass is 10.1. The average molecular weight is 219 g/mol. The number of hydrogen-bond acceptors (Lipinski definition) is 2. The first kappa shape index (κ1) is 8.81. The molecule has 1 heterocycles. The Hall–Kier alpha value is -0.280. The number of furan rings is 1. The molecule has 0 fully saturated rings. The molecule has 0 aromatic carbocycles. The van der Waals surface area contributed by atoms with Crippen molar-refractivity contribution in [3.63, 3.8) is 0 Å². The fourth-order valence-electron chi connectivity index (χ4n) is 0.869. The molecule has 0 aliphatic rings. The summed E-state index contributed by atoms with van der Waals surface area (Å²) in [7, 11) is 0. The average Bonchev–Trinajstić information content (AvgIpc) is 2.35. The third kappa shape index (κ3) is 2.67. The van der Waals surface area contributed by atoms with E-state index < -0.39 is 0 Å². The molecule has 3 heteroatoms. The van der Waals surface area contributed by atoms with E-state index in [0.29, 0.717) is 6.42 Å². The molecule has 1 atom stereocenters. The molecule has 2 nitrogen and oxygen atoms in total. The molecule has 0 aliphatic carbocycles. The van der Waals surface area contributed by atoms with Crippen LogP contribution in [0.4, 0.5) is 0 Å². The topological polar surface area (TPSA) is 33.4 Å². The van der Waals surface area contributed by atoms with Crippen LogP contribution in [0.2, 0.25) is 0 Å². The SMILES string of the molecule is CCC(O)Cc1coc(Br)c1. The maximum atomic E-state index is 9.26. The Morgan fingerprint density at radius 2 is 2.45 bits per heavy atom. The molecular formula is C8H11BrO2. The van der Waals surface area contributed by atoms with Gasteiger partial charge in [-0.25, -0.2) is 0 Å². The third-order valence-electron chi connectivity index (χ3n) is 1.56. The molecule has 0 aliphatic heterocycles. The van der Waals surface area contributed by atoms with Gasteiger partial charge in [0.1, 0.15) is 0 Å². The van der Waals surface area contributed by atoms with E-state index in [2.05, 4.69) is 15.9 Å². The Labute approximate surface area is 74.3 Å². The number of hydrogen-bond donors (Lipinski definition) is 1. The normalized spacial score (nSPS) is 13.4. The van der Waals surface area contributed by atoms with Gasteiger partial charge in [0.2, 0.25) is 0 Å². The molecule has 1 aromatic heterocycles. The molecule has 1 unspecified atom stereocenters. The minimum Gasteiger partial charge on any atom is -0.457 e. The molecule has 1 rings (SSSR count). The van der Waals surface area contributed by atoms with Gasteiger partial charge in [-0.05, 0) is 34.0 Å². The zero-order chi connectivity index (χ0) is 8.27. The summed E-state index contributed by atoms with van der Waals surface area (Å²) in [5.74, 6) is 0. The lowest BCUT2D eigenvalue weighted by Crippen LogP contribution is -2.07. The van der Waals surface area contributed by atoms with Crippen LogP contribution in [0.1, 0.15) is 18.9 Å². The summed E-state index contributed by atoms with van der Waals surface area (Å²) < 4.78 is 5.73. The van der Waals surface area contributed by atoms with Gasteiger partial charge in [0.15, 0.2) is 4.67 Å². The van der Waals surface area contributed by atoms with Gasteiger partial charge >= 0.3 is 0 Å². The van der Waals surface area contributed by atoms with Crippen LogP contribution in [-0.4, -0.2) is 11.2 Å². The van der Waals surface area contributed by atoms with E-state index in [1.807, 2.05) is 13.0 Å². The van der Waals surface area contributed by atoms with Crippen LogP contribution >= 0.6 is 15.9 Å². The Balaban J connectivity index is 2.50. The highest BCUT2D eigenvalue weighted by Crippen LogP contribution is 2.15. The van der Waals surface area contributed by atoms with E-state index in [-0.39, 0.29) is 6.10 Å². The maximum Gasteiger partial charge on any atom is 0.169 e. The van der Waals surface area contributed by atoms with Crippen molar-refractivity contribution in [2.24, 2.45) is 0 Å². The zero-order valence-corrected chi connectivity index (χ0v) is 7.97. The monoisotopic (exact) mass is 218 g/mol. The second kappa shape index (κ2) is 3.93. The van der Waals surface area contributed by atoms with E-state index in [4.69, 9.17) is 4.42 Å². The van der Waals surface area contributed by atoms with Crippen molar-refractivity contribution in [2.45, 2.75) is 25.9 Å². The molecule has 0 spiro atoms. The van der Waals surface area contributed by atoms with Crippen molar-refractivity contribution >= 4 is 15.9 Å². The van der Waals surface area contributed by atoms with Crippen molar-refractivity contribution in [3.05, 3.63) is 22.6 Å². The standard InChI is InChI=1S/C8H11BrO2/c1-2-7(10)3-6-4-8(9)11-5-6/h4-5,7,10H,2-3H2,1H3. The molecule has 0 bridgehead atoms. The quantitative estimate of drug-likeness (QED) is 0.846. The summed E-state index contributed by atoms with van der Waals surface area (Å²) >= 11 is 3.20. The Morgan fingerprint density at radius 1 is 1.73 bits per heavy atom. The number of rotatable bonds is 3. The molecule has 1 aromatic rings. The predicted molar refractivity (Wildman–Crippen MR) is 46.4 cm³/mol. The van der Waals surface area contributed by atoms with Crippen molar-refractivity contribution in [3.8, 4) is 0 Å². The maximum absolute atomic E-state index is 9.26. The second-order valence-electron chi connectivity index (χ2n) is 2.53. The van der Waals surface area contributed by atoms with Crippen LogP contribution in [0.25, 0.3) is 0 Å². The fraction of sp³-hybridized carbons (Fsp3) is 0.500. The van der Waals surface area contributed by atoms with Crippen molar-refractivity contribution in [1.82, 2.24) is 0 Å². The highest BCUT2D eigenvalue weighted by Gasteiger charge is 2.04. The number of aliphatic hydroxyl groups excluding tert-OH is 1. The van der Waals surface area contributed by atoms with Crippen LogP contribution in [0.15, 0.2) is 21.4 Å². The van der Waals surface area contributed by atoms with Crippen molar-refractivity contribution in [1.29, 1.82) is 0 Å². The number of aliphatic hydroxyl groups is 1. The van der Waals surface area contributed by atoms with Crippen molar-refractivity contribution < 1.29 is 9.52 Å². The molecule has 1 N–H and O–H groups in total. The second-order valence-corrected chi connectivity index (χ2v) is 3.31. The van der Waals surface area contributed by atoms with Crippen LogP contribution < -0.4 is 0 Å². The smallest absolute Gasteiger partial charge is 0.169 e. The van der Waals surface area contributed by atoms with Gasteiger partial charge in [-0.1, -0.05) is 6.92 Å². The Kier molecular flexibility index (Phi) is 3.15. The van der Waals surface area contributed by atoms with Crippen LogP contribution in [0.5, 0.6) is 0 Å². The molecule has 11 heavy (non-hydrogen) atoms. The molecule has 0 saturated heterocycles. The van der Waals surface area contributed by atoms with E-state index in [1.165, 1.54) is 0 Å². The first-order valence-corrected chi connectivity index (χ1v) is 4.42. The summed E-state index contributed by atoms with van der Waals surface area (Å²) in [5, 5.41) is 9.26. The highest BCUT2D eigenvalue weighted by atomic mass is 79.9. The van der Waals surface area contributed by atoms with Crippen molar-refractivity contribution in [2.75, 3.05) is 0 Å². The molecule has 0 saturated carbocycles. The van der Waals surface area contributed by atoms with Crippen LogP contribution in [0.3, 0.4) is 0 Å². The summed E-state index contributed by atoms with van der Waals surface area (Å²) in [6.07, 6.45) is 2.86. The zero-order valence-electron chi connectivity index (χ0n) is 6.38. The lowest BCUT2D eigenvalue weighted by Gasteiger charge is -2.03. The molecule has 0 amide bonds. The summed E-state index contributed by atoms with van der Waals surface area (Å²) in [6, 6.07) is 1.87. The number of halogens is 1. The van der Waals surface area contributed by atoms with Gasteiger partial charge in [0.25, 0.3) is 0 Å². The highest BCUT2D eigenvalue weighted by molar-refractivity contribution is 9.10. The minimum absolute atomic E-state index is 0.250. The summed E-state index contributed by atoms with van der Waals surface area (Å²) in [5.41, 5.74) is 1.03. The van der Waals surface area contributed by atoms with Crippen LogP contribution in [0, 0.1) is 0 Å². The fourth-order valence-corrected chi connectivity index (χ4v) is 1.26.